The number of benzene rings is 2. The highest BCUT2D eigenvalue weighted by Gasteiger charge is 2.54. The number of rotatable bonds is 1. The molecule has 0 aliphatic carbocycles. The molecule has 0 saturated carbocycles. The molecule has 2 aromatic rings. The molecule has 0 fully saturated rings. The molecule has 0 aromatic heterocycles. The summed E-state index contributed by atoms with van der Waals surface area (Å²) in [4.78, 5) is 4.79. The van der Waals surface area contributed by atoms with E-state index < -0.39 is 0 Å². The molecule has 0 radical (unpaired) electrons. The van der Waals surface area contributed by atoms with Crippen LogP contribution in [0.4, 0.5) is 17.1 Å². The van der Waals surface area contributed by atoms with Crippen molar-refractivity contribution in [1.29, 1.82) is 0 Å². The first kappa shape index (κ1) is 21.4. The van der Waals surface area contributed by atoms with E-state index in [-0.39, 0.29) is 23.0 Å². The van der Waals surface area contributed by atoms with Gasteiger partial charge in [-0.3, -0.25) is 0 Å². The van der Waals surface area contributed by atoms with Gasteiger partial charge in [0.25, 0.3) is 0 Å². The Bertz CT molecular complexity index is 1370. The summed E-state index contributed by atoms with van der Waals surface area (Å²) in [7, 11) is 4.25. The Hall–Kier alpha value is -2.85. The van der Waals surface area contributed by atoms with Crippen LogP contribution in [-0.4, -0.2) is 49.7 Å². The Labute approximate surface area is 209 Å². The Kier molecular flexibility index (Phi) is 4.21. The summed E-state index contributed by atoms with van der Waals surface area (Å²) in [6.45, 7) is 11.6. The number of ether oxygens (including phenoxy) is 1. The molecule has 2 unspecified atom stereocenters. The fourth-order valence-corrected chi connectivity index (χ4v) is 7.52. The second kappa shape index (κ2) is 6.88. The van der Waals surface area contributed by atoms with Crippen molar-refractivity contribution in [2.75, 3.05) is 37.0 Å². The number of allylic oxidation sites excluding steroid dienone is 1. The molecule has 4 nitrogen and oxygen atoms in total. The first-order valence-corrected chi connectivity index (χ1v) is 13.2. The van der Waals surface area contributed by atoms with Crippen LogP contribution in [0, 0.1) is 0 Å². The van der Waals surface area contributed by atoms with E-state index in [0.717, 1.165) is 25.9 Å². The zero-order valence-corrected chi connectivity index (χ0v) is 21.9. The maximum absolute atomic E-state index is 6.95. The third-order valence-corrected chi connectivity index (χ3v) is 9.16. The fourth-order valence-electron chi connectivity index (χ4n) is 7.52. The maximum atomic E-state index is 6.95. The molecular weight excluding hydrogens is 430 g/mol. The van der Waals surface area contributed by atoms with Gasteiger partial charge in [-0.25, -0.2) is 0 Å². The normalized spacial score (nSPS) is 26.9. The molecule has 180 valence electrons. The van der Waals surface area contributed by atoms with Crippen LogP contribution in [0.15, 0.2) is 65.4 Å². The smallest absolute Gasteiger partial charge is 0.209 e. The number of anilines is 2. The van der Waals surface area contributed by atoms with E-state index >= 15 is 0 Å². The summed E-state index contributed by atoms with van der Waals surface area (Å²) in [6.07, 6.45) is 5.04. The highest BCUT2D eigenvalue weighted by Crippen LogP contribution is 2.54. The van der Waals surface area contributed by atoms with Gasteiger partial charge in [0.15, 0.2) is 12.3 Å². The standard InChI is InChI=1S/C31H36N3O/c1-30(2)22-9-7-8-10-24(22)33-15-13-26-20(28(30)33)18-21-27(35-26)14-16-34-25-12-11-19(32(5)6)17-23(25)31(3,4)29(21)34/h7-12,17-18,26-27H,13-16H2,1-6H3/q+1. The number of hydrogen-bond donors (Lipinski definition) is 0. The van der Waals surface area contributed by atoms with Crippen LogP contribution in [-0.2, 0) is 15.6 Å². The zero-order valence-electron chi connectivity index (χ0n) is 21.9. The summed E-state index contributed by atoms with van der Waals surface area (Å²) < 4.78 is 9.52. The number of nitrogens with zero attached hydrogens (tertiary/aromatic N) is 3. The van der Waals surface area contributed by atoms with Crippen LogP contribution in [0.25, 0.3) is 0 Å². The van der Waals surface area contributed by atoms with Gasteiger partial charge in [-0.15, -0.1) is 0 Å². The molecule has 2 atom stereocenters. The van der Waals surface area contributed by atoms with Crippen molar-refractivity contribution in [2.45, 2.75) is 63.6 Å². The van der Waals surface area contributed by atoms with Crippen molar-refractivity contribution in [3.63, 3.8) is 0 Å². The molecule has 0 bridgehead atoms. The zero-order chi connectivity index (χ0) is 24.3. The monoisotopic (exact) mass is 466 g/mol. The van der Waals surface area contributed by atoms with Crippen LogP contribution < -0.4 is 9.80 Å². The van der Waals surface area contributed by atoms with Gasteiger partial charge in [0.05, 0.1) is 17.6 Å². The molecule has 0 N–H and O–H groups in total. The third-order valence-electron chi connectivity index (χ3n) is 9.16. The molecule has 0 spiro atoms. The Morgan fingerprint density at radius 3 is 2.54 bits per heavy atom. The van der Waals surface area contributed by atoms with Crippen molar-refractivity contribution >= 4 is 22.8 Å². The van der Waals surface area contributed by atoms with E-state index in [0.29, 0.717) is 0 Å². The molecular formula is C31H36N3O+. The van der Waals surface area contributed by atoms with Crippen LogP contribution >= 0.6 is 0 Å². The van der Waals surface area contributed by atoms with E-state index in [1.165, 1.54) is 50.7 Å². The van der Waals surface area contributed by atoms with E-state index in [4.69, 9.17) is 4.74 Å². The van der Waals surface area contributed by atoms with Gasteiger partial charge in [0, 0.05) is 72.3 Å². The SMILES string of the molecule is CN(C)c1ccc2c(c1)C(C)(C)C1=C3C=C4C5=[N+](CCC4OC3CCN12)c1ccccc1C5(C)C. The van der Waals surface area contributed by atoms with Gasteiger partial charge < -0.3 is 14.5 Å². The Morgan fingerprint density at radius 1 is 0.943 bits per heavy atom. The summed E-state index contributed by atoms with van der Waals surface area (Å²) in [5, 5.41) is 0. The van der Waals surface area contributed by atoms with Crippen LogP contribution in [0.2, 0.25) is 0 Å². The lowest BCUT2D eigenvalue weighted by Gasteiger charge is -2.42. The van der Waals surface area contributed by atoms with Gasteiger partial charge in [0.2, 0.25) is 5.69 Å². The molecule has 5 aliphatic heterocycles. The molecule has 4 heteroatoms. The summed E-state index contributed by atoms with van der Waals surface area (Å²) in [5.41, 5.74) is 12.5. The van der Waals surface area contributed by atoms with Crippen molar-refractivity contribution in [1.82, 2.24) is 0 Å². The minimum atomic E-state index is -0.0597. The molecule has 5 aliphatic rings. The van der Waals surface area contributed by atoms with E-state index in [9.17, 15) is 0 Å². The second-order valence-corrected chi connectivity index (χ2v) is 12.1. The minimum Gasteiger partial charge on any atom is -0.378 e. The summed E-state index contributed by atoms with van der Waals surface area (Å²) >= 11 is 0. The fraction of sp³-hybridized carbons (Fsp3) is 0.452. The predicted molar refractivity (Wildman–Crippen MR) is 143 cm³/mol. The highest BCUT2D eigenvalue weighted by atomic mass is 16.5. The van der Waals surface area contributed by atoms with Gasteiger partial charge in [-0.1, -0.05) is 32.0 Å². The summed E-state index contributed by atoms with van der Waals surface area (Å²) in [6, 6.07) is 15.9. The minimum absolute atomic E-state index is 0.0222. The average molecular weight is 467 g/mol. The van der Waals surface area contributed by atoms with Crippen molar-refractivity contribution in [3.05, 3.63) is 76.5 Å². The number of fused-ring (bicyclic) bond motifs is 8. The van der Waals surface area contributed by atoms with Gasteiger partial charge in [-0.2, -0.15) is 4.58 Å². The third kappa shape index (κ3) is 2.69. The lowest BCUT2D eigenvalue weighted by Crippen LogP contribution is -2.47. The van der Waals surface area contributed by atoms with Crippen molar-refractivity contribution in [3.8, 4) is 0 Å². The van der Waals surface area contributed by atoms with Gasteiger partial charge >= 0.3 is 0 Å². The van der Waals surface area contributed by atoms with Crippen LogP contribution in [0.1, 0.15) is 51.7 Å². The Balaban J connectivity index is 1.42. The second-order valence-electron chi connectivity index (χ2n) is 12.1. The predicted octanol–water partition coefficient (Wildman–Crippen LogP) is 5.68. The molecule has 5 heterocycles. The average Bonchev–Trinajstić information content (AvgIpc) is 3.22. The van der Waals surface area contributed by atoms with Crippen LogP contribution in [0.3, 0.4) is 0 Å². The van der Waals surface area contributed by atoms with E-state index in [2.05, 4.69) is 105 Å². The first-order chi connectivity index (χ1) is 16.7. The van der Waals surface area contributed by atoms with E-state index in [1.807, 2.05) is 0 Å². The van der Waals surface area contributed by atoms with Gasteiger partial charge in [0.1, 0.15) is 0 Å². The maximum Gasteiger partial charge on any atom is 0.209 e. The number of para-hydroxylation sites is 1. The first-order valence-electron chi connectivity index (χ1n) is 13.2. The van der Waals surface area contributed by atoms with Gasteiger partial charge in [-0.05, 0) is 50.1 Å². The molecule has 0 amide bonds. The highest BCUT2D eigenvalue weighted by molar-refractivity contribution is 6.08. The van der Waals surface area contributed by atoms with Crippen LogP contribution in [0.5, 0.6) is 0 Å². The van der Waals surface area contributed by atoms with E-state index in [1.54, 1.807) is 0 Å². The quantitative estimate of drug-likeness (QED) is 0.504. The van der Waals surface area contributed by atoms with Crippen molar-refractivity contribution < 1.29 is 9.31 Å². The largest absolute Gasteiger partial charge is 0.378 e. The lowest BCUT2D eigenvalue weighted by molar-refractivity contribution is -0.445. The van der Waals surface area contributed by atoms with Crippen molar-refractivity contribution in [2.24, 2.45) is 0 Å². The molecule has 35 heavy (non-hydrogen) atoms. The summed E-state index contributed by atoms with van der Waals surface area (Å²) in [5.74, 6) is 0. The number of hydrogen-bond acceptors (Lipinski definition) is 3. The molecule has 7 rings (SSSR count). The Morgan fingerprint density at radius 2 is 1.74 bits per heavy atom. The topological polar surface area (TPSA) is 18.7 Å². The lowest BCUT2D eigenvalue weighted by atomic mass is 9.74. The molecule has 0 saturated heterocycles. The molecule has 2 aromatic carbocycles.